The number of allylic oxidation sites excluding steroid dienone is 4. The molecule has 12 heteroatoms. The van der Waals surface area contributed by atoms with E-state index < -0.39 is 21.8 Å². The summed E-state index contributed by atoms with van der Waals surface area (Å²) in [6, 6.07) is 5.88. The molecule has 0 spiro atoms. The van der Waals surface area contributed by atoms with Gasteiger partial charge in [0.25, 0.3) is 5.89 Å². The second-order valence-electron chi connectivity index (χ2n) is 7.64. The molecular formula is C21H20F3N5O3S. The number of nitrogens with zero attached hydrogens (tertiary/aromatic N) is 4. The molecule has 3 aromatic rings. The Bertz CT molecular complexity index is 1350. The smallest absolute Gasteiger partial charge is 0.333 e. The van der Waals surface area contributed by atoms with E-state index in [1.54, 1.807) is 24.0 Å². The van der Waals surface area contributed by atoms with E-state index >= 15 is 0 Å². The number of alkyl halides is 3. The topological polar surface area (TPSA) is 117 Å². The molecule has 0 unspecified atom stereocenters. The maximum Gasteiger partial charge on any atom is 0.412 e. The van der Waals surface area contributed by atoms with Gasteiger partial charge in [0.15, 0.2) is 0 Å². The fourth-order valence-corrected chi connectivity index (χ4v) is 4.16. The molecule has 0 aliphatic heterocycles. The summed E-state index contributed by atoms with van der Waals surface area (Å²) in [6.07, 6.45) is 1.36. The lowest BCUT2D eigenvalue weighted by Gasteiger charge is -2.17. The van der Waals surface area contributed by atoms with Crippen LogP contribution >= 0.6 is 0 Å². The summed E-state index contributed by atoms with van der Waals surface area (Å²) < 4.78 is 68.7. The van der Waals surface area contributed by atoms with Crippen molar-refractivity contribution < 1.29 is 26.1 Å². The molecular weight excluding hydrogens is 459 g/mol. The number of primary sulfonamides is 1. The summed E-state index contributed by atoms with van der Waals surface area (Å²) in [7, 11) is -2.13. The second kappa shape index (κ2) is 8.60. The Hall–Kier alpha value is -3.25. The first-order chi connectivity index (χ1) is 15.5. The monoisotopic (exact) mass is 479 g/mol. The van der Waals surface area contributed by atoms with Crippen LogP contribution in [0, 0.1) is 0 Å². The molecule has 0 bridgehead atoms. The van der Waals surface area contributed by atoms with E-state index in [-0.39, 0.29) is 23.0 Å². The Morgan fingerprint density at radius 2 is 1.97 bits per heavy atom. The molecule has 2 N–H and O–H groups in total. The average molecular weight is 479 g/mol. The Kier molecular flexibility index (Phi) is 5.97. The highest BCUT2D eigenvalue weighted by atomic mass is 32.2. The SMILES string of the molecule is Cn1ncc(-c2nc(-c3cccc(S(N)(=O)=O)c3)no2)c1CCC1=CC=C(C(F)(F)F)CC1. The predicted octanol–water partition coefficient (Wildman–Crippen LogP) is 3.93. The normalized spacial score (nSPS) is 14.8. The quantitative estimate of drug-likeness (QED) is 0.573. The predicted molar refractivity (Wildman–Crippen MR) is 113 cm³/mol. The standard InChI is InChI=1S/C21H20F3N5O3S/c1-29-18(10-7-13-5-8-15(9-6-13)21(22,23)24)17(12-26-29)20-27-19(28-32-20)14-3-2-4-16(11-14)33(25,30)31/h2-5,8,11-12H,6-7,9-10H2,1H3,(H2,25,30,31). The van der Waals surface area contributed by atoms with Crippen LogP contribution in [0.2, 0.25) is 0 Å². The molecule has 33 heavy (non-hydrogen) atoms. The molecule has 1 aliphatic carbocycles. The number of aryl methyl sites for hydroxylation is 1. The van der Waals surface area contributed by atoms with E-state index in [2.05, 4.69) is 15.2 Å². The highest BCUT2D eigenvalue weighted by Crippen LogP contribution is 2.34. The maximum absolute atomic E-state index is 12.8. The zero-order chi connectivity index (χ0) is 23.8. The zero-order valence-corrected chi connectivity index (χ0v) is 18.3. The van der Waals surface area contributed by atoms with E-state index in [0.717, 1.165) is 17.3 Å². The van der Waals surface area contributed by atoms with Crippen LogP contribution in [0.15, 0.2) is 63.2 Å². The van der Waals surface area contributed by atoms with E-state index in [1.807, 2.05) is 0 Å². The fraction of sp³-hybridized carbons (Fsp3) is 0.286. The molecule has 2 aromatic heterocycles. The maximum atomic E-state index is 12.8. The van der Waals surface area contributed by atoms with Crippen LogP contribution in [-0.2, 0) is 23.5 Å². The third-order valence-electron chi connectivity index (χ3n) is 5.42. The van der Waals surface area contributed by atoms with Gasteiger partial charge in [-0.05, 0) is 37.8 Å². The highest BCUT2D eigenvalue weighted by Gasteiger charge is 2.33. The van der Waals surface area contributed by atoms with Crippen molar-refractivity contribution in [2.24, 2.45) is 12.2 Å². The van der Waals surface area contributed by atoms with Crippen molar-refractivity contribution >= 4 is 10.0 Å². The Balaban J connectivity index is 1.54. The molecule has 2 heterocycles. The van der Waals surface area contributed by atoms with Gasteiger partial charge in [0.05, 0.1) is 22.3 Å². The van der Waals surface area contributed by atoms with Crippen molar-refractivity contribution in [2.75, 3.05) is 0 Å². The molecule has 0 atom stereocenters. The summed E-state index contributed by atoms with van der Waals surface area (Å²) in [6.45, 7) is 0. The first-order valence-electron chi connectivity index (χ1n) is 9.96. The van der Waals surface area contributed by atoms with Gasteiger partial charge in [0.2, 0.25) is 15.8 Å². The summed E-state index contributed by atoms with van der Waals surface area (Å²) in [5, 5.41) is 13.4. The number of halogens is 3. The molecule has 174 valence electrons. The minimum Gasteiger partial charge on any atom is -0.333 e. The van der Waals surface area contributed by atoms with Crippen molar-refractivity contribution in [3.05, 3.63) is 59.5 Å². The Morgan fingerprint density at radius 1 is 1.18 bits per heavy atom. The largest absolute Gasteiger partial charge is 0.412 e. The lowest BCUT2D eigenvalue weighted by Crippen LogP contribution is -2.13. The number of rotatable bonds is 6. The van der Waals surface area contributed by atoms with Gasteiger partial charge in [0.1, 0.15) is 0 Å². The van der Waals surface area contributed by atoms with Gasteiger partial charge in [-0.3, -0.25) is 4.68 Å². The van der Waals surface area contributed by atoms with Crippen LogP contribution < -0.4 is 5.14 Å². The third kappa shape index (κ3) is 5.06. The van der Waals surface area contributed by atoms with Crippen molar-refractivity contribution in [1.82, 2.24) is 19.9 Å². The number of aromatic nitrogens is 4. The van der Waals surface area contributed by atoms with Crippen LogP contribution in [0.5, 0.6) is 0 Å². The van der Waals surface area contributed by atoms with Crippen molar-refractivity contribution in [3.8, 4) is 22.8 Å². The first-order valence-corrected chi connectivity index (χ1v) is 11.5. The van der Waals surface area contributed by atoms with Gasteiger partial charge in [-0.15, -0.1) is 0 Å². The van der Waals surface area contributed by atoms with Crippen LogP contribution in [0.25, 0.3) is 22.8 Å². The molecule has 8 nitrogen and oxygen atoms in total. The van der Waals surface area contributed by atoms with Crippen LogP contribution in [0.1, 0.15) is 25.0 Å². The molecule has 0 fully saturated rings. The van der Waals surface area contributed by atoms with Gasteiger partial charge < -0.3 is 4.52 Å². The number of benzene rings is 1. The van der Waals surface area contributed by atoms with Gasteiger partial charge in [-0.25, -0.2) is 13.6 Å². The van der Waals surface area contributed by atoms with Crippen LogP contribution in [0.4, 0.5) is 13.2 Å². The first kappa shape index (κ1) is 22.9. The van der Waals surface area contributed by atoms with Crippen molar-refractivity contribution in [2.45, 2.75) is 36.8 Å². The Morgan fingerprint density at radius 3 is 2.64 bits per heavy atom. The molecule has 0 radical (unpaired) electrons. The molecule has 0 saturated carbocycles. The molecule has 4 rings (SSSR count). The highest BCUT2D eigenvalue weighted by molar-refractivity contribution is 7.89. The fourth-order valence-electron chi connectivity index (χ4n) is 3.60. The van der Waals surface area contributed by atoms with E-state index in [0.29, 0.717) is 30.4 Å². The molecule has 1 aliphatic rings. The number of nitrogens with two attached hydrogens (primary N) is 1. The number of sulfonamides is 1. The van der Waals surface area contributed by atoms with Crippen LogP contribution in [-0.4, -0.2) is 34.5 Å². The summed E-state index contributed by atoms with van der Waals surface area (Å²) >= 11 is 0. The van der Waals surface area contributed by atoms with Crippen molar-refractivity contribution in [1.29, 1.82) is 0 Å². The molecule has 0 saturated heterocycles. The van der Waals surface area contributed by atoms with Crippen molar-refractivity contribution in [3.63, 3.8) is 0 Å². The lowest BCUT2D eigenvalue weighted by molar-refractivity contribution is -0.0941. The van der Waals surface area contributed by atoms with Gasteiger partial charge in [-0.1, -0.05) is 35.0 Å². The Labute approximate surface area is 187 Å². The average Bonchev–Trinajstić information content (AvgIpc) is 3.38. The minimum atomic E-state index is -4.29. The van der Waals surface area contributed by atoms with E-state index in [9.17, 15) is 21.6 Å². The van der Waals surface area contributed by atoms with Gasteiger partial charge in [0, 0.05) is 18.2 Å². The van der Waals surface area contributed by atoms with E-state index in [4.69, 9.17) is 9.66 Å². The zero-order valence-electron chi connectivity index (χ0n) is 17.5. The summed E-state index contributed by atoms with van der Waals surface area (Å²) in [4.78, 5) is 4.29. The number of hydrogen-bond donors (Lipinski definition) is 1. The lowest BCUT2D eigenvalue weighted by atomic mass is 9.94. The van der Waals surface area contributed by atoms with Crippen LogP contribution in [0.3, 0.4) is 0 Å². The minimum absolute atomic E-state index is 0.0296. The molecule has 1 aromatic carbocycles. The van der Waals surface area contributed by atoms with Gasteiger partial charge >= 0.3 is 6.18 Å². The van der Waals surface area contributed by atoms with E-state index in [1.165, 1.54) is 24.3 Å². The number of hydrogen-bond acceptors (Lipinski definition) is 6. The molecule has 0 amide bonds. The third-order valence-corrected chi connectivity index (χ3v) is 6.33. The summed E-state index contributed by atoms with van der Waals surface area (Å²) in [5.41, 5.74) is 2.21. The van der Waals surface area contributed by atoms with Gasteiger partial charge in [-0.2, -0.15) is 23.3 Å². The summed E-state index contributed by atoms with van der Waals surface area (Å²) in [5.74, 6) is 0.385. The second-order valence-corrected chi connectivity index (χ2v) is 9.20.